The molecule has 1 aliphatic heterocycles. The highest BCUT2D eigenvalue weighted by atomic mass is 28.3. The lowest BCUT2D eigenvalue weighted by atomic mass is 10.0. The van der Waals surface area contributed by atoms with Crippen molar-refractivity contribution in [3.05, 3.63) is 29.8 Å². The molecule has 0 saturated carbocycles. The summed E-state index contributed by atoms with van der Waals surface area (Å²) in [5.74, 6) is -0.654. The number of rotatable bonds is 7. The Hall–Kier alpha value is -1.17. The van der Waals surface area contributed by atoms with E-state index < -0.39 is 13.9 Å². The van der Waals surface area contributed by atoms with E-state index in [4.69, 9.17) is 14.2 Å². The van der Waals surface area contributed by atoms with E-state index in [0.717, 1.165) is 19.3 Å². The molecule has 2 rings (SSSR count). The molecule has 1 heterocycles. The normalized spacial score (nSPS) is 23.7. The van der Waals surface area contributed by atoms with Gasteiger partial charge < -0.3 is 14.2 Å². The van der Waals surface area contributed by atoms with E-state index in [2.05, 4.69) is 51.2 Å². The Kier molecular flexibility index (Phi) is 7.28. The van der Waals surface area contributed by atoms with Crippen LogP contribution in [0.25, 0.3) is 0 Å². The molecule has 4 nitrogen and oxygen atoms in total. The largest absolute Gasteiger partial charge is 0.469 e. The molecular weight excluding hydrogens is 356 g/mol. The average molecular weight is 393 g/mol. The minimum Gasteiger partial charge on any atom is -0.469 e. The molecule has 1 fully saturated rings. The number of aryl methyl sites for hydroxylation is 1. The average Bonchev–Trinajstić information content (AvgIpc) is 2.56. The summed E-state index contributed by atoms with van der Waals surface area (Å²) in [4.78, 5) is 12.1. The summed E-state index contributed by atoms with van der Waals surface area (Å²) in [7, 11) is -0.358. The van der Waals surface area contributed by atoms with Crippen molar-refractivity contribution < 1.29 is 19.0 Å². The van der Waals surface area contributed by atoms with Gasteiger partial charge in [-0.2, -0.15) is 0 Å². The third kappa shape index (κ3) is 6.16. The summed E-state index contributed by atoms with van der Waals surface area (Å²) in [6, 6.07) is 8.82. The van der Waals surface area contributed by atoms with Crippen LogP contribution in [-0.4, -0.2) is 39.1 Å². The fourth-order valence-electron chi connectivity index (χ4n) is 4.17. The SMILES string of the molecule is COC(=O)C[C@@H](CC[C@@H]1C[C@H](C)OC(C)(C)O1)[Si](C)(C)c1ccc(C)cc1. The van der Waals surface area contributed by atoms with E-state index in [1.807, 2.05) is 13.8 Å². The van der Waals surface area contributed by atoms with E-state index in [9.17, 15) is 4.79 Å². The van der Waals surface area contributed by atoms with Crippen LogP contribution >= 0.6 is 0 Å². The van der Waals surface area contributed by atoms with Gasteiger partial charge in [0.2, 0.25) is 0 Å². The van der Waals surface area contributed by atoms with Crippen molar-refractivity contribution in [3.8, 4) is 0 Å². The van der Waals surface area contributed by atoms with Gasteiger partial charge in [-0.15, -0.1) is 0 Å². The number of methoxy groups -OCH3 is 1. The van der Waals surface area contributed by atoms with Gasteiger partial charge in [-0.3, -0.25) is 4.79 Å². The number of carbonyl (C=O) groups excluding carboxylic acids is 1. The molecule has 27 heavy (non-hydrogen) atoms. The zero-order chi connectivity index (χ0) is 20.2. The smallest absolute Gasteiger partial charge is 0.305 e. The Morgan fingerprint density at radius 2 is 1.89 bits per heavy atom. The Morgan fingerprint density at radius 3 is 2.44 bits per heavy atom. The molecule has 1 aromatic rings. The number of ether oxygens (including phenoxy) is 3. The molecule has 152 valence electrons. The monoisotopic (exact) mass is 392 g/mol. The van der Waals surface area contributed by atoms with Gasteiger partial charge in [0, 0.05) is 6.42 Å². The molecule has 0 radical (unpaired) electrons. The minimum atomic E-state index is -1.84. The molecule has 1 aromatic carbocycles. The number of hydrogen-bond donors (Lipinski definition) is 0. The topological polar surface area (TPSA) is 44.8 Å². The summed E-state index contributed by atoms with van der Waals surface area (Å²) < 4.78 is 17.0. The highest BCUT2D eigenvalue weighted by Gasteiger charge is 2.38. The molecule has 1 saturated heterocycles. The van der Waals surface area contributed by atoms with E-state index in [-0.39, 0.29) is 18.2 Å². The van der Waals surface area contributed by atoms with E-state index >= 15 is 0 Å². The second-order valence-electron chi connectivity index (χ2n) is 8.95. The van der Waals surface area contributed by atoms with Crippen molar-refractivity contribution in [1.29, 1.82) is 0 Å². The maximum Gasteiger partial charge on any atom is 0.305 e. The molecule has 0 aliphatic carbocycles. The maximum absolute atomic E-state index is 12.1. The number of hydrogen-bond acceptors (Lipinski definition) is 4. The van der Waals surface area contributed by atoms with Crippen LogP contribution in [-0.2, 0) is 19.0 Å². The maximum atomic E-state index is 12.1. The first-order valence-corrected chi connectivity index (χ1v) is 13.1. The molecule has 0 amide bonds. The summed E-state index contributed by atoms with van der Waals surface area (Å²) in [6.45, 7) is 12.9. The Balaban J connectivity index is 2.14. The summed E-state index contributed by atoms with van der Waals surface area (Å²) in [6.07, 6.45) is 3.66. The van der Waals surface area contributed by atoms with Gasteiger partial charge in [0.25, 0.3) is 0 Å². The predicted molar refractivity (Wildman–Crippen MR) is 112 cm³/mol. The van der Waals surface area contributed by atoms with E-state index in [0.29, 0.717) is 12.0 Å². The van der Waals surface area contributed by atoms with Crippen LogP contribution in [0.1, 0.15) is 52.0 Å². The van der Waals surface area contributed by atoms with Gasteiger partial charge in [-0.1, -0.05) is 48.1 Å². The van der Waals surface area contributed by atoms with Crippen molar-refractivity contribution >= 4 is 19.2 Å². The van der Waals surface area contributed by atoms with E-state index in [1.165, 1.54) is 17.9 Å². The second kappa shape index (κ2) is 8.89. The summed E-state index contributed by atoms with van der Waals surface area (Å²) in [5, 5.41) is 1.39. The van der Waals surface area contributed by atoms with E-state index in [1.54, 1.807) is 0 Å². The zero-order valence-corrected chi connectivity index (χ0v) is 19.0. The number of benzene rings is 1. The fourth-order valence-corrected chi connectivity index (χ4v) is 7.23. The zero-order valence-electron chi connectivity index (χ0n) is 18.0. The molecule has 0 aromatic heterocycles. The van der Waals surface area contributed by atoms with Crippen molar-refractivity contribution in [3.63, 3.8) is 0 Å². The van der Waals surface area contributed by atoms with Gasteiger partial charge in [-0.25, -0.2) is 0 Å². The lowest BCUT2D eigenvalue weighted by molar-refractivity contribution is -0.296. The van der Waals surface area contributed by atoms with Crippen LogP contribution in [0.4, 0.5) is 0 Å². The van der Waals surface area contributed by atoms with Crippen LogP contribution in [0.2, 0.25) is 18.6 Å². The highest BCUT2D eigenvalue weighted by Crippen LogP contribution is 2.35. The Morgan fingerprint density at radius 1 is 1.26 bits per heavy atom. The predicted octanol–water partition coefficient (Wildman–Crippen LogP) is 4.55. The minimum absolute atomic E-state index is 0.116. The summed E-state index contributed by atoms with van der Waals surface area (Å²) in [5.41, 5.74) is 1.58. The summed E-state index contributed by atoms with van der Waals surface area (Å²) >= 11 is 0. The number of esters is 1. The standard InChI is InChI=1S/C22H36O4Si/c1-16-8-11-19(12-9-16)27(6,7)20(15-21(23)24-5)13-10-18-14-17(2)25-22(3,4)26-18/h8-9,11-12,17-18,20H,10,13-15H2,1-7H3/t17-,18+,20+/m0/s1. The van der Waals surface area contributed by atoms with Crippen molar-refractivity contribution in [1.82, 2.24) is 0 Å². The first-order valence-electron chi connectivity index (χ1n) is 10.0. The molecule has 0 N–H and O–H groups in total. The van der Waals surface area contributed by atoms with Gasteiger partial charge in [0.1, 0.15) is 0 Å². The van der Waals surface area contributed by atoms with Crippen molar-refractivity contribution in [2.24, 2.45) is 0 Å². The molecule has 0 bridgehead atoms. The van der Waals surface area contributed by atoms with Crippen LogP contribution in [0, 0.1) is 6.92 Å². The third-order valence-corrected chi connectivity index (χ3v) is 10.2. The molecule has 5 heteroatoms. The van der Waals surface area contributed by atoms with Gasteiger partial charge in [0.05, 0.1) is 27.4 Å². The Labute approximate surface area is 165 Å². The molecule has 0 unspecified atom stereocenters. The molecule has 3 atom stereocenters. The molecule has 0 spiro atoms. The fraction of sp³-hybridized carbons (Fsp3) is 0.682. The van der Waals surface area contributed by atoms with Crippen LogP contribution in [0.15, 0.2) is 24.3 Å². The molecule has 1 aliphatic rings. The first-order chi connectivity index (χ1) is 12.5. The highest BCUT2D eigenvalue weighted by molar-refractivity contribution is 6.91. The van der Waals surface area contributed by atoms with Crippen molar-refractivity contribution in [2.75, 3.05) is 7.11 Å². The number of carbonyl (C=O) groups is 1. The third-order valence-electron chi connectivity index (χ3n) is 5.82. The lowest BCUT2D eigenvalue weighted by Crippen LogP contribution is -2.47. The van der Waals surface area contributed by atoms with Gasteiger partial charge >= 0.3 is 5.97 Å². The quantitative estimate of drug-likeness (QED) is 0.504. The molecular formula is C22H36O4Si. The van der Waals surface area contributed by atoms with Gasteiger partial charge in [0.15, 0.2) is 5.79 Å². The Bertz CT molecular complexity index is 624. The van der Waals surface area contributed by atoms with Crippen LogP contribution < -0.4 is 5.19 Å². The van der Waals surface area contributed by atoms with Gasteiger partial charge in [-0.05, 0) is 52.5 Å². The lowest BCUT2D eigenvalue weighted by Gasteiger charge is -2.41. The van der Waals surface area contributed by atoms with Crippen LogP contribution in [0.3, 0.4) is 0 Å². The van der Waals surface area contributed by atoms with Crippen LogP contribution in [0.5, 0.6) is 0 Å². The van der Waals surface area contributed by atoms with Crippen molar-refractivity contribution in [2.45, 2.75) is 90.0 Å². The first kappa shape index (κ1) is 22.1. The second-order valence-corrected chi connectivity index (χ2v) is 13.8.